The number of anilines is 2. The number of carbonyl (C=O) groups is 1. The second kappa shape index (κ2) is 5.63. The van der Waals surface area contributed by atoms with Gasteiger partial charge < -0.3 is 15.4 Å². The van der Waals surface area contributed by atoms with Crippen molar-refractivity contribution >= 4 is 39.8 Å². The van der Waals surface area contributed by atoms with Crippen LogP contribution in [0.2, 0.25) is 0 Å². The molecule has 0 saturated carbocycles. The zero-order valence-electron chi connectivity index (χ0n) is 11.6. The predicted octanol–water partition coefficient (Wildman–Crippen LogP) is 2.84. The fourth-order valence-electron chi connectivity index (χ4n) is 2.11. The summed E-state index contributed by atoms with van der Waals surface area (Å²) in [6.07, 6.45) is 0. The monoisotopic (exact) mass is 300 g/mol. The van der Waals surface area contributed by atoms with Crippen LogP contribution in [-0.2, 0) is 4.74 Å². The molecule has 1 aliphatic heterocycles. The zero-order chi connectivity index (χ0) is 14.0. The smallest absolute Gasteiger partial charge is 0.350 e. The second-order valence-electron chi connectivity index (χ2n) is 5.12. The molecule has 1 aliphatic rings. The fourth-order valence-corrected chi connectivity index (χ4v) is 4.22. The summed E-state index contributed by atoms with van der Waals surface area (Å²) in [6.45, 7) is 8.63. The molecule has 2 heterocycles. The fraction of sp³-hybridized carbons (Fsp3) is 0.615. The van der Waals surface area contributed by atoms with Gasteiger partial charge in [0, 0.05) is 23.6 Å². The van der Waals surface area contributed by atoms with E-state index in [2.05, 4.69) is 18.7 Å². The molecule has 19 heavy (non-hydrogen) atoms. The molecule has 0 bridgehead atoms. The first-order valence-electron chi connectivity index (χ1n) is 6.38. The van der Waals surface area contributed by atoms with Gasteiger partial charge in [0.05, 0.1) is 17.3 Å². The number of thiophene rings is 1. The van der Waals surface area contributed by atoms with Gasteiger partial charge in [-0.3, -0.25) is 0 Å². The number of nitrogen functional groups attached to an aromatic ring is 1. The van der Waals surface area contributed by atoms with Gasteiger partial charge in [0.2, 0.25) is 0 Å². The van der Waals surface area contributed by atoms with Crippen molar-refractivity contribution in [2.45, 2.75) is 25.5 Å². The molecule has 0 spiro atoms. The van der Waals surface area contributed by atoms with E-state index in [0.717, 1.165) is 23.8 Å². The topological polar surface area (TPSA) is 55.6 Å². The van der Waals surface area contributed by atoms with Gasteiger partial charge in [0.15, 0.2) is 0 Å². The third-order valence-electron chi connectivity index (χ3n) is 2.95. The Hall–Kier alpha value is -0.880. The Labute approximate surface area is 122 Å². The first kappa shape index (κ1) is 14.5. The molecule has 0 amide bonds. The third-order valence-corrected chi connectivity index (χ3v) is 5.43. The van der Waals surface area contributed by atoms with E-state index in [0.29, 0.717) is 17.2 Å². The van der Waals surface area contributed by atoms with Gasteiger partial charge in [-0.05, 0) is 26.8 Å². The van der Waals surface area contributed by atoms with Gasteiger partial charge in [0.25, 0.3) is 0 Å². The van der Waals surface area contributed by atoms with Gasteiger partial charge in [-0.1, -0.05) is 0 Å². The van der Waals surface area contributed by atoms with Crippen LogP contribution in [0.25, 0.3) is 0 Å². The quantitative estimate of drug-likeness (QED) is 0.870. The van der Waals surface area contributed by atoms with Crippen molar-refractivity contribution in [2.75, 3.05) is 36.1 Å². The molecule has 4 nitrogen and oxygen atoms in total. The maximum atomic E-state index is 11.8. The molecular weight excluding hydrogens is 280 g/mol. The average molecular weight is 300 g/mol. The molecule has 1 saturated heterocycles. The number of nitrogens with two attached hydrogens (primary N) is 1. The van der Waals surface area contributed by atoms with E-state index in [4.69, 9.17) is 10.5 Å². The van der Waals surface area contributed by atoms with E-state index < -0.39 is 0 Å². The number of carbonyl (C=O) groups excluding carboxylic acids is 1. The summed E-state index contributed by atoms with van der Waals surface area (Å²) in [5.74, 6) is 0.779. The molecule has 0 aliphatic carbocycles. The van der Waals surface area contributed by atoms with Crippen LogP contribution in [0.5, 0.6) is 0 Å². The highest BCUT2D eigenvalue weighted by molar-refractivity contribution is 8.00. The van der Waals surface area contributed by atoms with Crippen molar-refractivity contribution in [2.24, 2.45) is 0 Å². The standard InChI is InChI=1S/C13H20N2O2S2/c1-4-17-12(16)11-9(14)7-10(19-11)15-5-6-18-13(2,3)8-15/h7H,4-6,8,14H2,1-3H3. The summed E-state index contributed by atoms with van der Waals surface area (Å²) in [5.41, 5.74) is 6.45. The van der Waals surface area contributed by atoms with E-state index in [1.165, 1.54) is 11.3 Å². The van der Waals surface area contributed by atoms with Crippen LogP contribution in [0.3, 0.4) is 0 Å². The van der Waals surface area contributed by atoms with Gasteiger partial charge in [-0.15, -0.1) is 11.3 Å². The van der Waals surface area contributed by atoms with E-state index >= 15 is 0 Å². The van der Waals surface area contributed by atoms with Crippen LogP contribution < -0.4 is 10.6 Å². The Morgan fingerprint density at radius 3 is 2.95 bits per heavy atom. The number of hydrogen-bond acceptors (Lipinski definition) is 6. The molecule has 106 valence electrons. The maximum Gasteiger partial charge on any atom is 0.350 e. The molecule has 0 aromatic carbocycles. The highest BCUT2D eigenvalue weighted by atomic mass is 32.2. The van der Waals surface area contributed by atoms with Crippen LogP contribution in [-0.4, -0.2) is 36.2 Å². The van der Waals surface area contributed by atoms with Gasteiger partial charge in [-0.25, -0.2) is 4.79 Å². The van der Waals surface area contributed by atoms with Crippen LogP contribution >= 0.6 is 23.1 Å². The largest absolute Gasteiger partial charge is 0.462 e. The average Bonchev–Trinajstić information content (AvgIpc) is 2.70. The number of rotatable bonds is 3. The third kappa shape index (κ3) is 3.36. The van der Waals surface area contributed by atoms with E-state index in [1.54, 1.807) is 6.92 Å². The maximum absolute atomic E-state index is 11.8. The summed E-state index contributed by atoms with van der Waals surface area (Å²) in [7, 11) is 0. The molecule has 6 heteroatoms. The van der Waals surface area contributed by atoms with Crippen LogP contribution in [0, 0.1) is 0 Å². The summed E-state index contributed by atoms with van der Waals surface area (Å²) < 4.78 is 5.26. The molecule has 0 radical (unpaired) electrons. The van der Waals surface area contributed by atoms with E-state index in [-0.39, 0.29) is 10.7 Å². The minimum Gasteiger partial charge on any atom is -0.462 e. The minimum absolute atomic E-state index is 0.237. The minimum atomic E-state index is -0.318. The number of nitrogens with zero attached hydrogens (tertiary/aromatic N) is 1. The molecule has 1 aromatic rings. The first-order chi connectivity index (χ1) is 8.93. The zero-order valence-corrected chi connectivity index (χ0v) is 13.2. The molecule has 0 atom stereocenters. The molecule has 1 aromatic heterocycles. The van der Waals surface area contributed by atoms with Crippen LogP contribution in [0.15, 0.2) is 6.07 Å². The molecule has 0 unspecified atom stereocenters. The van der Waals surface area contributed by atoms with Crippen molar-refractivity contribution in [3.63, 3.8) is 0 Å². The van der Waals surface area contributed by atoms with Gasteiger partial charge in [0.1, 0.15) is 4.88 Å². The van der Waals surface area contributed by atoms with Crippen molar-refractivity contribution in [3.8, 4) is 0 Å². The van der Waals surface area contributed by atoms with E-state index in [1.807, 2.05) is 17.8 Å². The Balaban J connectivity index is 2.17. The molecular formula is C13H20N2O2S2. The summed E-state index contributed by atoms with van der Waals surface area (Å²) in [4.78, 5) is 14.6. The number of thioether (sulfide) groups is 1. The summed E-state index contributed by atoms with van der Waals surface area (Å²) >= 11 is 3.42. The van der Waals surface area contributed by atoms with Crippen LogP contribution in [0.1, 0.15) is 30.4 Å². The predicted molar refractivity (Wildman–Crippen MR) is 83.4 cm³/mol. The Morgan fingerprint density at radius 1 is 1.58 bits per heavy atom. The number of hydrogen-bond donors (Lipinski definition) is 1. The number of esters is 1. The highest BCUT2D eigenvalue weighted by Gasteiger charge is 2.29. The lowest BCUT2D eigenvalue weighted by Gasteiger charge is -2.38. The van der Waals surface area contributed by atoms with E-state index in [9.17, 15) is 4.79 Å². The normalized spacial score (nSPS) is 18.4. The lowest BCUT2D eigenvalue weighted by atomic mass is 10.2. The van der Waals surface area contributed by atoms with Crippen LogP contribution in [0.4, 0.5) is 10.7 Å². The van der Waals surface area contributed by atoms with Crippen molar-refractivity contribution in [1.82, 2.24) is 0 Å². The second-order valence-corrected chi connectivity index (χ2v) is 7.95. The van der Waals surface area contributed by atoms with Crippen molar-refractivity contribution < 1.29 is 9.53 Å². The number of ether oxygens (including phenoxy) is 1. The summed E-state index contributed by atoms with van der Waals surface area (Å²) in [5, 5.41) is 1.06. The molecule has 1 fully saturated rings. The molecule has 2 rings (SSSR count). The summed E-state index contributed by atoms with van der Waals surface area (Å²) in [6, 6.07) is 1.89. The Bertz CT molecular complexity index is 471. The SMILES string of the molecule is CCOC(=O)c1sc(N2CCSC(C)(C)C2)cc1N. The lowest BCUT2D eigenvalue weighted by Crippen LogP contribution is -2.42. The van der Waals surface area contributed by atoms with Crippen molar-refractivity contribution in [1.29, 1.82) is 0 Å². The van der Waals surface area contributed by atoms with Gasteiger partial charge in [-0.2, -0.15) is 11.8 Å². The van der Waals surface area contributed by atoms with Gasteiger partial charge >= 0.3 is 5.97 Å². The Morgan fingerprint density at radius 2 is 2.32 bits per heavy atom. The van der Waals surface area contributed by atoms with Crippen molar-refractivity contribution in [3.05, 3.63) is 10.9 Å². The molecule has 2 N–H and O–H groups in total. The first-order valence-corrected chi connectivity index (χ1v) is 8.18. The Kier molecular flexibility index (Phi) is 4.30. The lowest BCUT2D eigenvalue weighted by molar-refractivity contribution is 0.0533. The highest BCUT2D eigenvalue weighted by Crippen LogP contribution is 2.37.